The molecule has 176 valence electrons. The zero-order valence-corrected chi connectivity index (χ0v) is 20.0. The summed E-state index contributed by atoms with van der Waals surface area (Å²) in [6, 6.07) is 20.8. The predicted molar refractivity (Wildman–Crippen MR) is 137 cm³/mol. The number of para-hydroxylation sites is 1. The van der Waals surface area contributed by atoms with Gasteiger partial charge in [-0.1, -0.05) is 48.5 Å². The highest BCUT2D eigenvalue weighted by molar-refractivity contribution is 7.89. The maximum absolute atomic E-state index is 13.5. The van der Waals surface area contributed by atoms with E-state index in [2.05, 4.69) is 15.3 Å². The van der Waals surface area contributed by atoms with Crippen LogP contribution in [0, 0.1) is 5.92 Å². The number of rotatable bonds is 6. The Morgan fingerprint density at radius 3 is 2.38 bits per heavy atom. The van der Waals surface area contributed by atoms with Gasteiger partial charge in [-0.3, -0.25) is 0 Å². The Morgan fingerprint density at radius 2 is 1.59 bits per heavy atom. The summed E-state index contributed by atoms with van der Waals surface area (Å²) in [5.41, 5.74) is 6.91. The van der Waals surface area contributed by atoms with Gasteiger partial charge in [-0.25, -0.2) is 13.4 Å². The van der Waals surface area contributed by atoms with Gasteiger partial charge in [0.1, 0.15) is 5.82 Å². The number of nitrogens with two attached hydrogens (primary N) is 1. The van der Waals surface area contributed by atoms with Gasteiger partial charge in [0.2, 0.25) is 16.0 Å². The van der Waals surface area contributed by atoms with Crippen molar-refractivity contribution in [1.82, 2.24) is 14.3 Å². The number of nitrogens with zero attached hydrogens (tertiary/aromatic N) is 3. The lowest BCUT2D eigenvalue weighted by Crippen LogP contribution is -2.40. The predicted octanol–water partition coefficient (Wildman–Crippen LogP) is 4.66. The van der Waals surface area contributed by atoms with Crippen LogP contribution >= 0.6 is 0 Å². The molecular formula is C26H29N5O2S. The molecule has 0 unspecified atom stereocenters. The summed E-state index contributed by atoms with van der Waals surface area (Å²) in [4.78, 5) is 9.33. The van der Waals surface area contributed by atoms with Crippen LogP contribution in [0.1, 0.15) is 25.7 Å². The molecule has 0 bridgehead atoms. The van der Waals surface area contributed by atoms with Gasteiger partial charge in [0, 0.05) is 30.4 Å². The molecule has 0 spiro atoms. The topological polar surface area (TPSA) is 101 Å². The molecule has 0 atom stereocenters. The van der Waals surface area contributed by atoms with E-state index >= 15 is 0 Å². The smallest absolute Gasteiger partial charge is 0.243 e. The van der Waals surface area contributed by atoms with Crippen molar-refractivity contribution in [2.75, 3.05) is 24.6 Å². The minimum absolute atomic E-state index is 0.00668. The molecule has 1 aromatic heterocycles. The van der Waals surface area contributed by atoms with Crippen molar-refractivity contribution in [3.63, 3.8) is 0 Å². The van der Waals surface area contributed by atoms with Gasteiger partial charge in [0.05, 0.1) is 10.4 Å². The maximum Gasteiger partial charge on any atom is 0.243 e. The number of sulfonamides is 1. The first-order chi connectivity index (χ1) is 16.4. The van der Waals surface area contributed by atoms with Crippen LogP contribution in [0.25, 0.3) is 21.7 Å². The van der Waals surface area contributed by atoms with Crippen LogP contribution in [0.15, 0.2) is 71.6 Å². The first kappa shape index (κ1) is 22.6. The molecule has 1 aliphatic carbocycles. The van der Waals surface area contributed by atoms with Crippen LogP contribution in [0.4, 0.5) is 11.8 Å². The van der Waals surface area contributed by atoms with E-state index in [0.717, 1.165) is 53.9 Å². The normalized spacial score (nSPS) is 19.0. The van der Waals surface area contributed by atoms with E-state index in [1.165, 1.54) is 0 Å². The molecule has 3 aromatic carbocycles. The van der Waals surface area contributed by atoms with Crippen LogP contribution in [-0.2, 0) is 10.0 Å². The number of nitrogens with one attached hydrogen (secondary N) is 1. The second kappa shape index (κ2) is 9.19. The molecule has 4 aromatic rings. The molecule has 8 heteroatoms. The van der Waals surface area contributed by atoms with Crippen LogP contribution in [0.2, 0.25) is 0 Å². The third-order valence-electron chi connectivity index (χ3n) is 6.92. The lowest BCUT2D eigenvalue weighted by atomic mass is 9.86. The third kappa shape index (κ3) is 4.31. The van der Waals surface area contributed by atoms with Crippen LogP contribution in [0.5, 0.6) is 0 Å². The highest BCUT2D eigenvalue weighted by Gasteiger charge is 2.32. The summed E-state index contributed by atoms with van der Waals surface area (Å²) in [5.74, 6) is 1.44. The fourth-order valence-electron chi connectivity index (χ4n) is 4.90. The third-order valence-corrected chi connectivity index (χ3v) is 8.89. The van der Waals surface area contributed by atoms with Crippen LogP contribution in [0.3, 0.4) is 0 Å². The molecule has 1 aliphatic rings. The van der Waals surface area contributed by atoms with E-state index in [1.807, 2.05) is 60.7 Å². The van der Waals surface area contributed by atoms with Crippen molar-refractivity contribution in [2.45, 2.75) is 36.6 Å². The highest BCUT2D eigenvalue weighted by atomic mass is 32.2. The molecule has 1 heterocycles. The summed E-state index contributed by atoms with van der Waals surface area (Å²) in [5, 5.41) is 5.89. The van der Waals surface area contributed by atoms with Crippen molar-refractivity contribution >= 4 is 43.5 Å². The first-order valence-corrected chi connectivity index (χ1v) is 13.1. The SMILES string of the molecule is CN(C1CCC(CNc2nc(N)c3ccccc3n2)CC1)S(=O)(=O)c1cccc2ccccc12. The van der Waals surface area contributed by atoms with Crippen molar-refractivity contribution in [1.29, 1.82) is 0 Å². The molecule has 0 amide bonds. The number of hydrogen-bond donors (Lipinski definition) is 2. The molecule has 7 nitrogen and oxygen atoms in total. The maximum atomic E-state index is 13.5. The van der Waals surface area contributed by atoms with Crippen LogP contribution < -0.4 is 11.1 Å². The second-order valence-corrected chi connectivity index (χ2v) is 11.0. The number of anilines is 2. The Kier molecular flexibility index (Phi) is 6.10. The Labute approximate surface area is 200 Å². The number of nitrogen functional groups attached to an aromatic ring is 1. The molecule has 1 saturated carbocycles. The Bertz CT molecular complexity index is 1430. The van der Waals surface area contributed by atoms with Crippen molar-refractivity contribution in [3.05, 3.63) is 66.7 Å². The van der Waals surface area contributed by atoms with Gasteiger partial charge in [0.25, 0.3) is 0 Å². The number of fused-ring (bicyclic) bond motifs is 2. The summed E-state index contributed by atoms with van der Waals surface area (Å²) < 4.78 is 28.5. The quantitative estimate of drug-likeness (QED) is 0.421. The molecule has 3 N–H and O–H groups in total. The first-order valence-electron chi connectivity index (χ1n) is 11.7. The van der Waals surface area contributed by atoms with Gasteiger partial charge < -0.3 is 11.1 Å². The highest BCUT2D eigenvalue weighted by Crippen LogP contribution is 2.32. The molecule has 5 rings (SSSR count). The molecular weight excluding hydrogens is 446 g/mol. The Hall–Kier alpha value is -3.23. The number of hydrogen-bond acceptors (Lipinski definition) is 6. The molecule has 1 fully saturated rings. The second-order valence-electron chi connectivity index (χ2n) is 9.00. The molecule has 0 saturated heterocycles. The monoisotopic (exact) mass is 475 g/mol. The minimum atomic E-state index is -3.58. The van der Waals surface area contributed by atoms with Gasteiger partial charge >= 0.3 is 0 Å². The minimum Gasteiger partial charge on any atom is -0.383 e. The molecule has 34 heavy (non-hydrogen) atoms. The lowest BCUT2D eigenvalue weighted by Gasteiger charge is -2.34. The van der Waals surface area contributed by atoms with E-state index in [-0.39, 0.29) is 6.04 Å². The van der Waals surface area contributed by atoms with Crippen molar-refractivity contribution < 1.29 is 8.42 Å². The zero-order valence-electron chi connectivity index (χ0n) is 19.2. The van der Waals surface area contributed by atoms with E-state index < -0.39 is 10.0 Å². The van der Waals surface area contributed by atoms with Gasteiger partial charge in [-0.2, -0.15) is 9.29 Å². The van der Waals surface area contributed by atoms with Crippen LogP contribution in [-0.4, -0.2) is 42.3 Å². The van der Waals surface area contributed by atoms with E-state index in [9.17, 15) is 8.42 Å². The molecule has 0 aliphatic heterocycles. The molecule has 0 radical (unpaired) electrons. The summed E-state index contributed by atoms with van der Waals surface area (Å²) in [6.07, 6.45) is 3.54. The number of aromatic nitrogens is 2. The Balaban J connectivity index is 1.23. The largest absolute Gasteiger partial charge is 0.383 e. The van der Waals surface area contributed by atoms with Crippen molar-refractivity contribution in [3.8, 4) is 0 Å². The average molecular weight is 476 g/mol. The fourth-order valence-corrected chi connectivity index (χ4v) is 6.53. The van der Waals surface area contributed by atoms with Gasteiger partial charge in [-0.05, 0) is 55.2 Å². The van der Waals surface area contributed by atoms with E-state index in [4.69, 9.17) is 5.73 Å². The summed E-state index contributed by atoms with van der Waals surface area (Å²) in [7, 11) is -1.87. The number of benzene rings is 3. The Morgan fingerprint density at radius 1 is 0.912 bits per heavy atom. The van der Waals surface area contributed by atoms with Crippen molar-refractivity contribution in [2.24, 2.45) is 5.92 Å². The summed E-state index contributed by atoms with van der Waals surface area (Å²) >= 11 is 0. The lowest BCUT2D eigenvalue weighted by molar-refractivity contribution is 0.242. The van der Waals surface area contributed by atoms with Gasteiger partial charge in [0.15, 0.2) is 0 Å². The summed E-state index contributed by atoms with van der Waals surface area (Å²) in [6.45, 7) is 0.740. The standard InChI is InChI=1S/C26H29N5O2S/c1-31(34(32,33)24-12-6-8-19-7-2-3-9-21(19)24)20-15-13-18(14-16-20)17-28-26-29-23-11-5-4-10-22(23)25(27)30-26/h2-12,18,20H,13-17H2,1H3,(H3,27,28,29,30). The fraction of sp³-hybridized carbons (Fsp3) is 0.308. The zero-order chi connectivity index (χ0) is 23.7. The van der Waals surface area contributed by atoms with E-state index in [1.54, 1.807) is 17.4 Å². The van der Waals surface area contributed by atoms with Gasteiger partial charge in [-0.15, -0.1) is 0 Å². The average Bonchev–Trinajstić information content (AvgIpc) is 2.87. The van der Waals surface area contributed by atoms with E-state index in [0.29, 0.717) is 22.6 Å².